The second-order valence-corrected chi connectivity index (χ2v) is 10.1. The molecule has 6 heteroatoms. The predicted molar refractivity (Wildman–Crippen MR) is 141 cm³/mol. The summed E-state index contributed by atoms with van der Waals surface area (Å²) < 4.78 is 6.84. The van der Waals surface area contributed by atoms with Gasteiger partial charge < -0.3 is 10.2 Å². The van der Waals surface area contributed by atoms with E-state index in [1.165, 1.54) is 11.1 Å². The van der Waals surface area contributed by atoms with Crippen molar-refractivity contribution in [1.29, 1.82) is 0 Å². The van der Waals surface area contributed by atoms with E-state index in [0.29, 0.717) is 11.5 Å². The third-order valence-corrected chi connectivity index (χ3v) is 5.26. The summed E-state index contributed by atoms with van der Waals surface area (Å²) >= 11 is 1.94. The normalized spacial score (nSPS) is 10.3. The van der Waals surface area contributed by atoms with Crippen LogP contribution in [0.25, 0.3) is 0 Å². The summed E-state index contributed by atoms with van der Waals surface area (Å²) in [5.41, 5.74) is 4.75. The molecule has 0 spiro atoms. The van der Waals surface area contributed by atoms with E-state index in [-0.39, 0.29) is 35.6 Å². The molecule has 2 aromatic carbocycles. The quantitative estimate of drug-likeness (QED) is 0.316. The Bertz CT molecular complexity index is 909. The van der Waals surface area contributed by atoms with E-state index in [4.69, 9.17) is 4.42 Å². The van der Waals surface area contributed by atoms with Gasteiger partial charge in [-0.3, -0.25) is 0 Å². The fourth-order valence-electron chi connectivity index (χ4n) is 2.62. The number of phenolic OH excluding ortho intramolecular Hbond substituents is 2. The van der Waals surface area contributed by atoms with Gasteiger partial charge >= 0.3 is 52.9 Å². The summed E-state index contributed by atoms with van der Waals surface area (Å²) in [6.45, 7) is 16.8. The van der Waals surface area contributed by atoms with Crippen LogP contribution in [0.2, 0.25) is 0 Å². The number of aryl methyl sites for hydroxylation is 2. The standard InChI is InChI=1S/2C11H16O.C5H4O.2ClH.Ti/c2*1-8-7-9(11(2,3)4)5-6-10(8)12;1-5-3-2-4-6-5;;;/h2*5-7,12H,1-4H3;1-4H;2*1H;. The molecule has 0 aliphatic rings. The molecule has 3 nitrogen and oxygen atoms in total. The molecule has 0 radical (unpaired) electrons. The van der Waals surface area contributed by atoms with E-state index >= 15 is 0 Å². The van der Waals surface area contributed by atoms with Gasteiger partial charge in [0, 0.05) is 0 Å². The van der Waals surface area contributed by atoms with Gasteiger partial charge in [0.05, 0.1) is 0 Å². The van der Waals surface area contributed by atoms with Gasteiger partial charge in [0.15, 0.2) is 0 Å². The fourth-order valence-corrected chi connectivity index (χ4v) is 2.87. The van der Waals surface area contributed by atoms with Crippen LogP contribution in [0.1, 0.15) is 69.6 Å². The summed E-state index contributed by atoms with van der Waals surface area (Å²) in [5, 5.41) is 18.6. The van der Waals surface area contributed by atoms with Crippen LogP contribution in [0.3, 0.4) is 0 Å². The second-order valence-electron chi connectivity index (χ2n) is 9.66. The third kappa shape index (κ3) is 12.0. The molecule has 0 amide bonds. The number of aromatic hydroxyl groups is 2. The predicted octanol–water partition coefficient (Wildman–Crippen LogP) is 7.82. The summed E-state index contributed by atoms with van der Waals surface area (Å²) in [6.07, 6.45) is 1.66. The maximum absolute atomic E-state index is 9.31. The molecule has 0 aliphatic carbocycles. The van der Waals surface area contributed by atoms with E-state index in [2.05, 4.69) is 41.5 Å². The van der Waals surface area contributed by atoms with Crippen LogP contribution >= 0.6 is 24.8 Å². The Labute approximate surface area is 223 Å². The molecule has 3 rings (SSSR count). The molecular formula is C27H38Cl2O3Ti. The van der Waals surface area contributed by atoms with Gasteiger partial charge in [0.1, 0.15) is 11.5 Å². The summed E-state index contributed by atoms with van der Waals surface area (Å²) in [4.78, 5) is 0. The molecule has 0 saturated heterocycles. The van der Waals surface area contributed by atoms with E-state index in [9.17, 15) is 10.2 Å². The first kappa shape index (κ1) is 33.7. The number of hydrogen-bond donors (Lipinski definition) is 2. The minimum atomic E-state index is 0. The second kappa shape index (κ2) is 14.7. The molecule has 33 heavy (non-hydrogen) atoms. The summed E-state index contributed by atoms with van der Waals surface area (Å²) in [6, 6.07) is 15.3. The van der Waals surface area contributed by atoms with Crippen molar-refractivity contribution in [3.63, 3.8) is 0 Å². The van der Waals surface area contributed by atoms with E-state index in [1.54, 1.807) is 18.4 Å². The summed E-state index contributed by atoms with van der Waals surface area (Å²) in [7, 11) is 0. The van der Waals surface area contributed by atoms with Crippen LogP contribution in [0.15, 0.2) is 59.2 Å². The van der Waals surface area contributed by atoms with Crippen LogP contribution in [0.5, 0.6) is 11.5 Å². The first-order valence-electron chi connectivity index (χ1n) is 10.4. The molecule has 2 N–H and O–H groups in total. The molecular weight excluding hydrogens is 491 g/mol. The van der Waals surface area contributed by atoms with Crippen molar-refractivity contribution >= 4 is 29.1 Å². The molecule has 0 unspecified atom stereocenters. The first-order valence-corrected chi connectivity index (χ1v) is 11.3. The fraction of sp³-hybridized carbons (Fsp3) is 0.370. The Morgan fingerprint density at radius 3 is 1.33 bits per heavy atom. The van der Waals surface area contributed by atoms with Crippen LogP contribution in [0, 0.1) is 13.8 Å². The number of phenols is 2. The van der Waals surface area contributed by atoms with Crippen LogP contribution in [-0.4, -0.2) is 14.5 Å². The molecule has 0 fully saturated rings. The van der Waals surface area contributed by atoms with Crippen LogP contribution in [0.4, 0.5) is 0 Å². The minimum absolute atomic E-state index is 0. The zero-order valence-corrected chi connectivity index (χ0v) is 24.1. The van der Waals surface area contributed by atoms with Gasteiger partial charge in [-0.25, -0.2) is 0 Å². The van der Waals surface area contributed by atoms with Gasteiger partial charge in [-0.05, 0) is 59.1 Å². The Hall–Kier alpha value is -1.52. The van der Waals surface area contributed by atoms with Gasteiger partial charge in [-0.2, -0.15) is 0 Å². The van der Waals surface area contributed by atoms with Crippen molar-refractivity contribution in [1.82, 2.24) is 0 Å². The average Bonchev–Trinajstić information content (AvgIpc) is 3.19. The summed E-state index contributed by atoms with van der Waals surface area (Å²) in [5.74, 6) is 1.69. The number of benzene rings is 2. The number of hydrogen-bond acceptors (Lipinski definition) is 3. The Kier molecular flexibility index (Phi) is 15.0. The monoisotopic (exact) mass is 528 g/mol. The van der Waals surface area contributed by atoms with Gasteiger partial charge in [-0.1, -0.05) is 65.8 Å². The van der Waals surface area contributed by atoms with Gasteiger partial charge in [-0.15, -0.1) is 24.8 Å². The number of furan rings is 1. The third-order valence-electron chi connectivity index (χ3n) is 4.81. The van der Waals surface area contributed by atoms with Crippen molar-refractivity contribution in [2.45, 2.75) is 66.2 Å². The van der Waals surface area contributed by atoms with Crippen molar-refractivity contribution < 1.29 is 34.6 Å². The Morgan fingerprint density at radius 1 is 0.727 bits per heavy atom. The van der Waals surface area contributed by atoms with Crippen LogP contribution < -0.4 is 0 Å². The van der Waals surface area contributed by atoms with Crippen molar-refractivity contribution in [2.24, 2.45) is 0 Å². The van der Waals surface area contributed by atoms with Crippen LogP contribution in [-0.2, 0) is 30.8 Å². The van der Waals surface area contributed by atoms with E-state index in [0.717, 1.165) is 16.9 Å². The molecule has 0 aliphatic heterocycles. The molecule has 0 bridgehead atoms. The Morgan fingerprint density at radius 2 is 1.12 bits per heavy atom. The van der Waals surface area contributed by atoms with Gasteiger partial charge in [0.25, 0.3) is 0 Å². The van der Waals surface area contributed by atoms with Crippen molar-refractivity contribution in [2.75, 3.05) is 0 Å². The van der Waals surface area contributed by atoms with E-state index < -0.39 is 0 Å². The molecule has 3 aromatic rings. The first-order chi connectivity index (χ1) is 14.3. The topological polar surface area (TPSA) is 53.6 Å². The van der Waals surface area contributed by atoms with Crippen molar-refractivity contribution in [3.05, 3.63) is 82.8 Å². The Balaban J connectivity index is 0. The molecule has 1 aromatic heterocycles. The maximum atomic E-state index is 9.31. The molecule has 0 atom stereocenters. The van der Waals surface area contributed by atoms with Gasteiger partial charge in [0.2, 0.25) is 0 Å². The molecule has 1 heterocycles. The zero-order valence-electron chi connectivity index (χ0n) is 20.9. The molecule has 0 saturated carbocycles. The number of halogens is 2. The van der Waals surface area contributed by atoms with E-state index in [1.807, 2.05) is 74.5 Å². The SMILES string of the molecule is Cc1cc(C(C)(C)C)ccc1O.Cc1cc(C(C)(C)C)ccc1O.Cl.Cl.[Ti]=[CH]c1ccco1. The molecule has 182 valence electrons. The zero-order chi connectivity index (χ0) is 23.8. The van der Waals surface area contributed by atoms with Crippen molar-refractivity contribution in [3.8, 4) is 11.5 Å². The average molecular weight is 529 g/mol. The number of rotatable bonds is 1.